The quantitative estimate of drug-likeness (QED) is 0.417. The minimum Gasteiger partial charge on any atom is -0.463 e. The third kappa shape index (κ3) is 3.58. The molecule has 2 heterocycles. The minimum atomic E-state index is 0.213. The van der Waals surface area contributed by atoms with Crippen LogP contribution in [-0.4, -0.2) is 36.3 Å². The Hall–Kier alpha value is -2.29. The van der Waals surface area contributed by atoms with E-state index < -0.39 is 0 Å². The monoisotopic (exact) mass is 264 g/mol. The molecule has 9 nitrogen and oxygen atoms in total. The average Bonchev–Trinajstić information content (AvgIpc) is 2.97. The Labute approximate surface area is 110 Å². The first kappa shape index (κ1) is 13.1. The van der Waals surface area contributed by atoms with Crippen LogP contribution in [0, 0.1) is 0 Å². The van der Waals surface area contributed by atoms with E-state index in [9.17, 15) is 0 Å². The van der Waals surface area contributed by atoms with Crippen LogP contribution >= 0.6 is 0 Å². The molecule has 0 atom stereocenters. The van der Waals surface area contributed by atoms with Crippen molar-refractivity contribution in [1.29, 1.82) is 0 Å². The predicted octanol–water partition coefficient (Wildman–Crippen LogP) is 0.307. The molecule has 19 heavy (non-hydrogen) atoms. The molecule has 2 aromatic heterocycles. The lowest BCUT2D eigenvalue weighted by Gasteiger charge is -2.07. The number of nitrogens with one attached hydrogen (secondary N) is 1. The van der Waals surface area contributed by atoms with E-state index in [0.717, 1.165) is 19.3 Å². The summed E-state index contributed by atoms with van der Waals surface area (Å²) in [7, 11) is 0. The van der Waals surface area contributed by atoms with Gasteiger partial charge in [-0.15, -0.1) is 0 Å². The van der Waals surface area contributed by atoms with Crippen molar-refractivity contribution in [2.45, 2.75) is 26.2 Å². The Morgan fingerprint density at radius 2 is 2.21 bits per heavy atom. The summed E-state index contributed by atoms with van der Waals surface area (Å²) in [6, 6.07) is 0.213. The van der Waals surface area contributed by atoms with E-state index in [2.05, 4.69) is 37.4 Å². The van der Waals surface area contributed by atoms with E-state index in [1.165, 1.54) is 17.3 Å². The molecular weight excluding hydrogens is 248 g/mol. The SMILES string of the molecule is CCCCCOc1nc(NN)nc(-n2cncn2)n1. The second-order valence-corrected chi connectivity index (χ2v) is 3.78. The molecule has 0 amide bonds. The third-order valence-corrected chi connectivity index (χ3v) is 2.33. The topological polar surface area (TPSA) is 117 Å². The molecule has 3 N–H and O–H groups in total. The Kier molecular flexibility index (Phi) is 4.56. The van der Waals surface area contributed by atoms with Gasteiger partial charge in [0.15, 0.2) is 0 Å². The summed E-state index contributed by atoms with van der Waals surface area (Å²) in [4.78, 5) is 16.0. The molecule has 0 aliphatic carbocycles. The summed E-state index contributed by atoms with van der Waals surface area (Å²) in [6.45, 7) is 2.68. The first-order chi connectivity index (χ1) is 9.33. The van der Waals surface area contributed by atoms with Crippen molar-refractivity contribution in [2.24, 2.45) is 5.84 Å². The Balaban J connectivity index is 2.12. The van der Waals surface area contributed by atoms with Crippen LogP contribution in [0.25, 0.3) is 5.95 Å². The van der Waals surface area contributed by atoms with Gasteiger partial charge in [-0.1, -0.05) is 19.8 Å². The number of hydrazine groups is 1. The summed E-state index contributed by atoms with van der Waals surface area (Å²) in [5.74, 6) is 5.82. The molecule has 2 aromatic rings. The van der Waals surface area contributed by atoms with Gasteiger partial charge in [0.05, 0.1) is 6.61 Å². The van der Waals surface area contributed by atoms with E-state index in [-0.39, 0.29) is 12.0 Å². The van der Waals surface area contributed by atoms with Crippen molar-refractivity contribution < 1.29 is 4.74 Å². The Morgan fingerprint density at radius 3 is 2.89 bits per heavy atom. The van der Waals surface area contributed by atoms with Gasteiger partial charge in [-0.25, -0.2) is 10.8 Å². The van der Waals surface area contributed by atoms with Gasteiger partial charge < -0.3 is 4.74 Å². The van der Waals surface area contributed by atoms with E-state index in [1.54, 1.807) is 0 Å². The first-order valence-corrected chi connectivity index (χ1v) is 6.04. The number of nitrogen functional groups attached to an aromatic ring is 1. The normalized spacial score (nSPS) is 10.4. The van der Waals surface area contributed by atoms with E-state index in [1.807, 2.05) is 0 Å². The van der Waals surface area contributed by atoms with Crippen molar-refractivity contribution >= 4 is 5.95 Å². The summed E-state index contributed by atoms with van der Waals surface area (Å²) in [6.07, 6.45) is 6.05. The summed E-state index contributed by atoms with van der Waals surface area (Å²) < 4.78 is 6.87. The van der Waals surface area contributed by atoms with E-state index in [4.69, 9.17) is 10.6 Å². The molecule has 2 rings (SSSR count). The molecule has 0 aromatic carbocycles. The highest BCUT2D eigenvalue weighted by atomic mass is 16.5. The highest BCUT2D eigenvalue weighted by molar-refractivity contribution is 5.27. The van der Waals surface area contributed by atoms with Gasteiger partial charge in [-0.05, 0) is 6.42 Å². The second-order valence-electron chi connectivity index (χ2n) is 3.78. The van der Waals surface area contributed by atoms with Crippen LogP contribution in [0.15, 0.2) is 12.7 Å². The number of nitrogens with zero attached hydrogens (tertiary/aromatic N) is 6. The van der Waals surface area contributed by atoms with Crippen molar-refractivity contribution in [3.63, 3.8) is 0 Å². The van der Waals surface area contributed by atoms with Gasteiger partial charge >= 0.3 is 6.01 Å². The number of anilines is 1. The van der Waals surface area contributed by atoms with E-state index in [0.29, 0.717) is 12.6 Å². The van der Waals surface area contributed by atoms with Crippen LogP contribution in [0.5, 0.6) is 6.01 Å². The summed E-state index contributed by atoms with van der Waals surface area (Å²) >= 11 is 0. The molecule has 0 bridgehead atoms. The molecule has 0 fully saturated rings. The van der Waals surface area contributed by atoms with Gasteiger partial charge in [0.25, 0.3) is 5.95 Å². The summed E-state index contributed by atoms with van der Waals surface area (Å²) in [5, 5.41) is 3.94. The first-order valence-electron chi connectivity index (χ1n) is 6.04. The number of hydrogen-bond acceptors (Lipinski definition) is 8. The minimum absolute atomic E-state index is 0.213. The molecule has 0 saturated heterocycles. The average molecular weight is 264 g/mol. The van der Waals surface area contributed by atoms with Gasteiger partial charge in [-0.2, -0.15) is 24.7 Å². The molecule has 0 unspecified atom stereocenters. The van der Waals surface area contributed by atoms with Crippen molar-refractivity contribution in [3.8, 4) is 12.0 Å². The van der Waals surface area contributed by atoms with Crippen molar-refractivity contribution in [1.82, 2.24) is 29.7 Å². The van der Waals surface area contributed by atoms with Gasteiger partial charge in [0, 0.05) is 0 Å². The van der Waals surface area contributed by atoms with Crippen LogP contribution in [0.4, 0.5) is 5.95 Å². The molecule has 0 aliphatic heterocycles. The van der Waals surface area contributed by atoms with Crippen LogP contribution in [-0.2, 0) is 0 Å². The fourth-order valence-corrected chi connectivity index (χ4v) is 1.40. The zero-order valence-corrected chi connectivity index (χ0v) is 10.7. The van der Waals surface area contributed by atoms with Crippen molar-refractivity contribution in [3.05, 3.63) is 12.7 Å². The van der Waals surface area contributed by atoms with Crippen LogP contribution < -0.4 is 16.0 Å². The smallest absolute Gasteiger partial charge is 0.323 e. The lowest BCUT2D eigenvalue weighted by molar-refractivity contribution is 0.281. The van der Waals surface area contributed by atoms with E-state index >= 15 is 0 Å². The molecule has 0 aliphatic rings. The zero-order chi connectivity index (χ0) is 13.5. The van der Waals surface area contributed by atoms with Crippen LogP contribution in [0.1, 0.15) is 26.2 Å². The fraction of sp³-hybridized carbons (Fsp3) is 0.500. The zero-order valence-electron chi connectivity index (χ0n) is 10.7. The van der Waals surface area contributed by atoms with Gasteiger partial charge in [-0.3, -0.25) is 5.43 Å². The number of hydrogen-bond donors (Lipinski definition) is 2. The largest absolute Gasteiger partial charge is 0.463 e. The maximum Gasteiger partial charge on any atom is 0.323 e. The Bertz CT molecular complexity index is 500. The fourth-order valence-electron chi connectivity index (χ4n) is 1.40. The number of aromatic nitrogens is 6. The van der Waals surface area contributed by atoms with Crippen LogP contribution in [0.3, 0.4) is 0 Å². The molecule has 102 valence electrons. The molecule has 0 spiro atoms. The second kappa shape index (κ2) is 6.59. The highest BCUT2D eigenvalue weighted by Gasteiger charge is 2.09. The maximum atomic E-state index is 5.47. The number of ether oxygens (including phenoxy) is 1. The highest BCUT2D eigenvalue weighted by Crippen LogP contribution is 2.10. The maximum absolute atomic E-state index is 5.47. The lowest BCUT2D eigenvalue weighted by atomic mass is 10.3. The predicted molar refractivity (Wildman–Crippen MR) is 67.6 cm³/mol. The third-order valence-electron chi connectivity index (χ3n) is 2.33. The number of unbranched alkanes of at least 4 members (excludes halogenated alkanes) is 2. The molecule has 0 saturated carbocycles. The molecule has 0 radical (unpaired) electrons. The van der Waals surface area contributed by atoms with Crippen LogP contribution in [0.2, 0.25) is 0 Å². The Morgan fingerprint density at radius 1 is 1.32 bits per heavy atom. The standard InChI is InChI=1S/C10H16N8O/c1-2-3-4-5-19-10-15-8(17-11)14-9(16-10)18-7-12-6-13-18/h6-7H,2-5,11H2,1H3,(H,14,15,16,17). The molecular formula is C10H16N8O. The molecule has 9 heteroatoms. The lowest BCUT2D eigenvalue weighted by Crippen LogP contribution is -2.15. The van der Waals surface area contributed by atoms with Crippen molar-refractivity contribution in [2.75, 3.05) is 12.0 Å². The number of nitrogens with two attached hydrogens (primary N) is 1. The van der Waals surface area contributed by atoms with Gasteiger partial charge in [0.2, 0.25) is 5.95 Å². The number of rotatable bonds is 7. The summed E-state index contributed by atoms with van der Waals surface area (Å²) in [5.41, 5.74) is 2.37. The van der Waals surface area contributed by atoms with Gasteiger partial charge in [0.1, 0.15) is 12.7 Å².